The van der Waals surface area contributed by atoms with E-state index in [1.165, 1.54) is 44.5 Å². The molecular formula is C91H94O12. The average Bonchev–Trinajstić information content (AvgIpc) is 0.864. The number of aryl methyl sites for hydroxylation is 8. The quantitative estimate of drug-likeness (QED) is 0.0481. The molecule has 0 aliphatic carbocycles. The number of hydrogen-bond donors (Lipinski definition) is 0. The lowest BCUT2D eigenvalue weighted by molar-refractivity contribution is 0.00340. The van der Waals surface area contributed by atoms with Crippen molar-refractivity contribution in [3.8, 4) is 69.0 Å². The first kappa shape index (κ1) is 75.4. The van der Waals surface area contributed by atoms with Gasteiger partial charge in [-0.1, -0.05) is 154 Å². The number of ether oxygens (including phenoxy) is 12. The second-order valence-corrected chi connectivity index (χ2v) is 25.1. The van der Waals surface area contributed by atoms with Crippen molar-refractivity contribution in [2.24, 2.45) is 0 Å². The van der Waals surface area contributed by atoms with E-state index in [2.05, 4.69) is 27.7 Å². The molecule has 0 atom stereocenters. The molecule has 0 amide bonds. The van der Waals surface area contributed by atoms with Gasteiger partial charge >= 0.3 is 0 Å². The Morgan fingerprint density at radius 1 is 0.214 bits per heavy atom. The van der Waals surface area contributed by atoms with E-state index in [-0.39, 0.29) is 6.10 Å². The maximum atomic E-state index is 6.15. The molecule has 0 aliphatic heterocycles. The third-order valence-electron chi connectivity index (χ3n) is 15.9. The number of methoxy groups -OCH3 is 2. The van der Waals surface area contributed by atoms with E-state index >= 15 is 0 Å². The number of benzene rings is 12. The third kappa shape index (κ3) is 25.1. The Morgan fingerprint density at radius 2 is 0.417 bits per heavy atom. The first-order chi connectivity index (χ1) is 49.9. The zero-order valence-electron chi connectivity index (χ0n) is 61.2. The van der Waals surface area contributed by atoms with Gasteiger partial charge in [-0.05, 0) is 258 Å². The molecule has 0 aromatic heterocycles. The van der Waals surface area contributed by atoms with Gasteiger partial charge in [-0.25, -0.2) is 0 Å². The van der Waals surface area contributed by atoms with Gasteiger partial charge in [0, 0.05) is 22.3 Å². The molecule has 0 bridgehead atoms. The van der Waals surface area contributed by atoms with Crippen LogP contribution in [0.25, 0.3) is 0 Å². The molecule has 0 fully saturated rings. The number of hydrogen-bond acceptors (Lipinski definition) is 12. The van der Waals surface area contributed by atoms with Gasteiger partial charge in [0.2, 0.25) is 0 Å². The van der Waals surface area contributed by atoms with E-state index in [1.54, 1.807) is 14.2 Å². The van der Waals surface area contributed by atoms with Crippen LogP contribution in [0.1, 0.15) is 113 Å². The molecule has 103 heavy (non-hydrogen) atoms. The summed E-state index contributed by atoms with van der Waals surface area (Å²) in [6.07, 6.45) is -2.07. The van der Waals surface area contributed by atoms with Crippen LogP contribution in [0, 0.1) is 55.4 Å². The first-order valence-electron chi connectivity index (χ1n) is 34.5. The lowest BCUT2D eigenvalue weighted by atomic mass is 10.2. The van der Waals surface area contributed by atoms with Crippen LogP contribution in [0.3, 0.4) is 0 Å². The van der Waals surface area contributed by atoms with Gasteiger partial charge in [0.05, 0.1) is 26.9 Å². The van der Waals surface area contributed by atoms with Crippen LogP contribution in [-0.2, 0) is 0 Å². The molecule has 12 nitrogen and oxygen atoms in total. The molecule has 0 N–H and O–H groups in total. The van der Waals surface area contributed by atoms with Crippen LogP contribution in [-0.4, -0.2) is 26.9 Å². The predicted octanol–water partition coefficient (Wildman–Crippen LogP) is 23.0. The molecule has 12 aromatic carbocycles. The minimum absolute atomic E-state index is 0.138. The molecular weight excluding hydrogens is 1280 g/mol. The van der Waals surface area contributed by atoms with Crippen LogP contribution in [0.4, 0.5) is 0 Å². The summed E-state index contributed by atoms with van der Waals surface area (Å²) in [5.74, 6) is 9.33. The highest BCUT2D eigenvalue weighted by Gasteiger charge is 2.21. The maximum absolute atomic E-state index is 6.15. The van der Waals surface area contributed by atoms with Crippen LogP contribution in [0.2, 0.25) is 0 Å². The minimum Gasteiger partial charge on any atom is -0.497 e. The molecule has 12 rings (SSSR count). The maximum Gasteiger partial charge on any atom is 0.267 e. The summed E-state index contributed by atoms with van der Waals surface area (Å²) in [4.78, 5) is 0. The molecule has 12 heteroatoms. The molecule has 0 unspecified atom stereocenters. The normalized spacial score (nSPS) is 10.7. The third-order valence-corrected chi connectivity index (χ3v) is 15.9. The Morgan fingerprint density at radius 3 is 0.641 bits per heavy atom. The summed E-state index contributed by atoms with van der Waals surface area (Å²) in [7, 11) is 3.30. The van der Waals surface area contributed by atoms with Gasteiger partial charge in [-0.15, -0.1) is 0 Å². The highest BCUT2D eigenvalue weighted by Crippen LogP contribution is 2.34. The van der Waals surface area contributed by atoms with Gasteiger partial charge in [0.15, 0.2) is 0 Å². The molecule has 0 saturated heterocycles. The largest absolute Gasteiger partial charge is 0.497 e. The van der Waals surface area contributed by atoms with Crippen LogP contribution < -0.4 is 56.8 Å². The summed E-state index contributed by atoms with van der Waals surface area (Å²) in [5, 5.41) is 0. The topological polar surface area (TPSA) is 111 Å². The second-order valence-electron chi connectivity index (χ2n) is 25.1. The fourth-order valence-corrected chi connectivity index (χ4v) is 9.98. The Bertz CT molecular complexity index is 4200. The van der Waals surface area contributed by atoms with E-state index < -0.39 is 25.2 Å². The summed E-state index contributed by atoms with van der Waals surface area (Å²) < 4.78 is 70.8. The van der Waals surface area contributed by atoms with E-state index in [0.29, 0.717) is 6.61 Å². The number of rotatable bonds is 26. The van der Waals surface area contributed by atoms with Crippen molar-refractivity contribution in [3.05, 3.63) is 358 Å². The monoisotopic (exact) mass is 1380 g/mol. The summed E-state index contributed by atoms with van der Waals surface area (Å²) >= 11 is 0. The van der Waals surface area contributed by atoms with Crippen molar-refractivity contribution in [2.45, 2.75) is 107 Å². The van der Waals surface area contributed by atoms with Crippen molar-refractivity contribution < 1.29 is 56.8 Å². The van der Waals surface area contributed by atoms with Crippen molar-refractivity contribution in [2.75, 3.05) is 20.8 Å². The minimum atomic E-state index is -0.569. The smallest absolute Gasteiger partial charge is 0.267 e. The van der Waals surface area contributed by atoms with Gasteiger partial charge in [-0.3, -0.25) is 0 Å². The van der Waals surface area contributed by atoms with E-state index in [4.69, 9.17) is 56.8 Å². The van der Waals surface area contributed by atoms with Gasteiger partial charge < -0.3 is 56.8 Å². The van der Waals surface area contributed by atoms with Crippen molar-refractivity contribution in [1.29, 1.82) is 0 Å². The highest BCUT2D eigenvalue weighted by atomic mass is 16.7. The molecule has 0 saturated carbocycles. The van der Waals surface area contributed by atoms with E-state index in [1.807, 2.05) is 340 Å². The second kappa shape index (κ2) is 38.7. The zero-order valence-corrected chi connectivity index (χ0v) is 61.2. The molecule has 0 heterocycles. The Balaban J connectivity index is 0.000000160. The average molecular weight is 1380 g/mol. The molecule has 12 aromatic rings. The standard InChI is InChI=1S/C24H26O3.C23H24O3.2C22H22O3/c1-17(2)25-21-15-9-20(10-16-21)24(26-22-11-5-18(3)6-12-22)27-23-13-7-19(4)8-14-23;1-4-24-20-15-9-19(10-16-20)23(25-21-11-5-17(2)6-12-21)26-22-13-7-18(3)8-14-22;1-16-4-10-20(11-5-16)24-22(18-8-14-19(23-3)15-9-18)25-21-12-6-17(2)7-13-21;1-16-7-11-19(12-8-16)24-22(18-5-4-6-21(15-18)23-3)25-20-13-9-17(2)10-14-20/h5-17,24H,1-4H3;5-16,23H,4H2,1-3H3;2*4-15,22H,1-3H3. The lowest BCUT2D eigenvalue weighted by Gasteiger charge is -2.21. The fraction of sp³-hybridized carbons (Fsp3) is 0.209. The van der Waals surface area contributed by atoms with Gasteiger partial charge in [0.25, 0.3) is 25.2 Å². The van der Waals surface area contributed by atoms with Crippen LogP contribution >= 0.6 is 0 Å². The van der Waals surface area contributed by atoms with E-state index in [9.17, 15) is 0 Å². The van der Waals surface area contributed by atoms with Crippen LogP contribution in [0.5, 0.6) is 69.0 Å². The molecule has 530 valence electrons. The summed E-state index contributed by atoms with van der Waals surface area (Å²) in [5.41, 5.74) is 13.2. The molecule has 0 radical (unpaired) electrons. The first-order valence-corrected chi connectivity index (χ1v) is 34.5. The van der Waals surface area contributed by atoms with Gasteiger partial charge in [0.1, 0.15) is 69.0 Å². The summed E-state index contributed by atoms with van der Waals surface area (Å²) in [6.45, 7) is 23.0. The van der Waals surface area contributed by atoms with E-state index in [0.717, 1.165) is 91.2 Å². The summed E-state index contributed by atoms with van der Waals surface area (Å²) in [6, 6.07) is 94.6. The highest BCUT2D eigenvalue weighted by molar-refractivity contribution is 5.39. The van der Waals surface area contributed by atoms with Crippen molar-refractivity contribution in [3.63, 3.8) is 0 Å². The van der Waals surface area contributed by atoms with Crippen molar-refractivity contribution >= 4 is 0 Å². The lowest BCUT2D eigenvalue weighted by Crippen LogP contribution is -2.15. The van der Waals surface area contributed by atoms with Crippen LogP contribution in [0.15, 0.2) is 291 Å². The Hall–Kier alpha value is -11.8. The predicted molar refractivity (Wildman–Crippen MR) is 411 cm³/mol. The Labute approximate surface area is 608 Å². The molecule has 0 spiro atoms. The van der Waals surface area contributed by atoms with Gasteiger partial charge in [-0.2, -0.15) is 0 Å². The van der Waals surface area contributed by atoms with Crippen molar-refractivity contribution in [1.82, 2.24) is 0 Å². The molecule has 0 aliphatic rings. The Kier molecular flexibility index (Phi) is 28.4. The zero-order chi connectivity index (χ0) is 72.9. The fourth-order valence-electron chi connectivity index (χ4n) is 9.98. The SMILES string of the molecule is CCOc1ccc(C(Oc2ccc(C)cc2)Oc2ccc(C)cc2)cc1.COc1ccc(C(Oc2ccc(C)cc2)Oc2ccc(C)cc2)cc1.COc1cccc(C(Oc2ccc(C)cc2)Oc2ccc(C)cc2)c1.Cc1ccc(OC(Oc2ccc(C)cc2)c2ccc(OC(C)C)cc2)cc1.